The second-order valence-corrected chi connectivity index (χ2v) is 4.06. The van der Waals surface area contributed by atoms with Crippen LogP contribution in [0.1, 0.15) is 18.5 Å². The van der Waals surface area contributed by atoms with Crippen molar-refractivity contribution in [3.63, 3.8) is 0 Å². The van der Waals surface area contributed by atoms with E-state index in [1.165, 1.54) is 19.2 Å². The van der Waals surface area contributed by atoms with Crippen LogP contribution in [-0.2, 0) is 0 Å². The van der Waals surface area contributed by atoms with Crippen molar-refractivity contribution in [3.05, 3.63) is 52.5 Å². The molecule has 1 unspecified atom stereocenters. The fourth-order valence-electron chi connectivity index (χ4n) is 1.75. The second-order valence-electron chi connectivity index (χ2n) is 4.06. The first-order valence-electron chi connectivity index (χ1n) is 5.73. The van der Waals surface area contributed by atoms with Crippen LogP contribution in [0.25, 0.3) is 0 Å². The first kappa shape index (κ1) is 12.9. The number of hydrogen-bond donors (Lipinski definition) is 1. The summed E-state index contributed by atoms with van der Waals surface area (Å²) >= 11 is 0. The fourth-order valence-corrected chi connectivity index (χ4v) is 1.75. The molecule has 0 aliphatic rings. The van der Waals surface area contributed by atoms with Gasteiger partial charge in [0, 0.05) is 11.6 Å². The van der Waals surface area contributed by atoms with Crippen molar-refractivity contribution in [2.45, 2.75) is 13.0 Å². The number of nitro benzene ring substituents is 1. The summed E-state index contributed by atoms with van der Waals surface area (Å²) in [4.78, 5) is 10.3. The van der Waals surface area contributed by atoms with Crippen molar-refractivity contribution >= 4 is 11.4 Å². The van der Waals surface area contributed by atoms with Crippen molar-refractivity contribution in [1.82, 2.24) is 0 Å². The van der Waals surface area contributed by atoms with E-state index in [9.17, 15) is 10.1 Å². The molecule has 0 bridgehead atoms. The van der Waals surface area contributed by atoms with Crippen LogP contribution >= 0.6 is 0 Å². The summed E-state index contributed by atoms with van der Waals surface area (Å²) in [5, 5.41) is 13.9. The lowest BCUT2D eigenvalue weighted by atomic mass is 10.1. The Hall–Kier alpha value is -2.50. The molecule has 0 saturated heterocycles. The van der Waals surface area contributed by atoms with Gasteiger partial charge in [-0.15, -0.1) is 0 Å². The van der Waals surface area contributed by atoms with Gasteiger partial charge in [0.2, 0.25) is 0 Å². The lowest BCUT2D eigenvalue weighted by Crippen LogP contribution is -2.07. The Labute approximate surface area is 110 Å². The Morgan fingerprint density at radius 1 is 1.42 bits per heavy atom. The Balaban J connectivity index is 2.22. The molecule has 19 heavy (non-hydrogen) atoms. The monoisotopic (exact) mass is 262 g/mol. The predicted octanol–water partition coefficient (Wildman–Crippen LogP) is 3.37. The number of ether oxygens (including phenoxy) is 1. The maximum absolute atomic E-state index is 10.7. The molecule has 1 aromatic carbocycles. The lowest BCUT2D eigenvalue weighted by molar-refractivity contribution is -0.384. The highest BCUT2D eigenvalue weighted by atomic mass is 16.6. The van der Waals surface area contributed by atoms with Gasteiger partial charge in [0.15, 0.2) is 0 Å². The third-order valence-corrected chi connectivity index (χ3v) is 2.81. The van der Waals surface area contributed by atoms with Gasteiger partial charge in [-0.3, -0.25) is 10.1 Å². The van der Waals surface area contributed by atoms with E-state index in [-0.39, 0.29) is 11.7 Å². The summed E-state index contributed by atoms with van der Waals surface area (Å²) in [6.07, 6.45) is 3.25. The maximum Gasteiger partial charge on any atom is 0.273 e. The zero-order chi connectivity index (χ0) is 13.8. The quantitative estimate of drug-likeness (QED) is 0.660. The number of nitrogens with zero attached hydrogens (tertiary/aromatic N) is 1. The Morgan fingerprint density at radius 2 is 2.21 bits per heavy atom. The molecular formula is C13H14N2O4. The summed E-state index contributed by atoms with van der Waals surface area (Å²) in [5.74, 6) is 0.435. The zero-order valence-electron chi connectivity index (χ0n) is 10.6. The van der Waals surface area contributed by atoms with Crippen molar-refractivity contribution in [2.75, 3.05) is 12.4 Å². The van der Waals surface area contributed by atoms with E-state index in [1.54, 1.807) is 18.6 Å². The summed E-state index contributed by atoms with van der Waals surface area (Å²) in [5.41, 5.74) is 1.68. The normalized spacial score (nSPS) is 11.9. The lowest BCUT2D eigenvalue weighted by Gasteiger charge is -2.16. The number of nitro groups is 1. The molecule has 1 atom stereocenters. The molecule has 0 saturated carbocycles. The molecule has 0 aliphatic heterocycles. The van der Waals surface area contributed by atoms with E-state index in [2.05, 4.69) is 5.32 Å². The van der Waals surface area contributed by atoms with E-state index in [0.717, 1.165) is 5.56 Å². The third kappa shape index (κ3) is 2.85. The smallest absolute Gasteiger partial charge is 0.273 e. The van der Waals surface area contributed by atoms with Gasteiger partial charge >= 0.3 is 0 Å². The molecule has 2 rings (SSSR count). The highest BCUT2D eigenvalue weighted by Crippen LogP contribution is 2.31. The molecule has 100 valence electrons. The number of hydrogen-bond acceptors (Lipinski definition) is 5. The van der Waals surface area contributed by atoms with Crippen LogP contribution in [0.5, 0.6) is 5.75 Å². The van der Waals surface area contributed by atoms with Crippen LogP contribution in [0, 0.1) is 10.1 Å². The van der Waals surface area contributed by atoms with Gasteiger partial charge in [-0.2, -0.15) is 0 Å². The van der Waals surface area contributed by atoms with Crippen molar-refractivity contribution in [1.29, 1.82) is 0 Å². The highest BCUT2D eigenvalue weighted by molar-refractivity contribution is 5.61. The Bertz CT molecular complexity index is 566. The maximum atomic E-state index is 10.7. The largest absolute Gasteiger partial charge is 0.494 e. The summed E-state index contributed by atoms with van der Waals surface area (Å²) in [6.45, 7) is 1.96. The van der Waals surface area contributed by atoms with E-state index in [1.807, 2.05) is 13.0 Å². The minimum Gasteiger partial charge on any atom is -0.494 e. The summed E-state index contributed by atoms with van der Waals surface area (Å²) < 4.78 is 10.2. The highest BCUT2D eigenvalue weighted by Gasteiger charge is 2.14. The molecule has 1 aromatic heterocycles. The van der Waals surface area contributed by atoms with Crippen molar-refractivity contribution in [2.24, 2.45) is 0 Å². The number of benzene rings is 1. The number of non-ortho nitro benzene ring substituents is 1. The molecule has 0 fully saturated rings. The van der Waals surface area contributed by atoms with Crippen LogP contribution in [0.2, 0.25) is 0 Å². The fraction of sp³-hybridized carbons (Fsp3) is 0.231. The van der Waals surface area contributed by atoms with Gasteiger partial charge in [0.25, 0.3) is 5.69 Å². The van der Waals surface area contributed by atoms with E-state index in [0.29, 0.717) is 11.4 Å². The molecular weight excluding hydrogens is 248 g/mol. The first-order chi connectivity index (χ1) is 9.11. The molecule has 0 radical (unpaired) electrons. The van der Waals surface area contributed by atoms with Crippen molar-refractivity contribution < 1.29 is 14.1 Å². The van der Waals surface area contributed by atoms with E-state index >= 15 is 0 Å². The molecule has 0 amide bonds. The predicted molar refractivity (Wildman–Crippen MR) is 70.4 cm³/mol. The van der Waals surface area contributed by atoms with Gasteiger partial charge in [-0.05, 0) is 19.1 Å². The number of anilines is 1. The van der Waals surface area contributed by atoms with Crippen LogP contribution in [0.3, 0.4) is 0 Å². The topological polar surface area (TPSA) is 77.5 Å². The minimum absolute atomic E-state index is 0.00151. The van der Waals surface area contributed by atoms with E-state index in [4.69, 9.17) is 9.15 Å². The van der Waals surface area contributed by atoms with Crippen LogP contribution in [0.15, 0.2) is 41.2 Å². The van der Waals surface area contributed by atoms with E-state index < -0.39 is 4.92 Å². The standard InChI is InChI=1S/C13H14N2O4/c1-9(10-5-6-19-8-10)14-12-4-3-11(15(16)17)7-13(12)18-2/h3-9,14H,1-2H3. The molecule has 0 spiro atoms. The number of nitrogens with one attached hydrogen (secondary N) is 1. The van der Waals surface area contributed by atoms with Crippen LogP contribution in [-0.4, -0.2) is 12.0 Å². The Morgan fingerprint density at radius 3 is 2.79 bits per heavy atom. The van der Waals surface area contributed by atoms with Gasteiger partial charge < -0.3 is 14.5 Å². The SMILES string of the molecule is COc1cc([N+](=O)[O-])ccc1NC(C)c1ccoc1. The molecule has 0 aliphatic carbocycles. The second kappa shape index (κ2) is 5.43. The third-order valence-electron chi connectivity index (χ3n) is 2.81. The Kier molecular flexibility index (Phi) is 3.70. The average molecular weight is 262 g/mol. The van der Waals surface area contributed by atoms with Crippen molar-refractivity contribution in [3.8, 4) is 5.75 Å². The number of furan rings is 1. The van der Waals surface area contributed by atoms with Gasteiger partial charge in [-0.25, -0.2) is 0 Å². The molecule has 6 heteroatoms. The zero-order valence-corrected chi connectivity index (χ0v) is 10.6. The average Bonchev–Trinajstić information content (AvgIpc) is 2.92. The molecule has 1 N–H and O–H groups in total. The minimum atomic E-state index is -0.453. The number of methoxy groups -OCH3 is 1. The van der Waals surface area contributed by atoms with Gasteiger partial charge in [0.1, 0.15) is 5.75 Å². The summed E-state index contributed by atoms with van der Waals surface area (Å²) in [7, 11) is 1.48. The van der Waals surface area contributed by atoms with Crippen LogP contribution in [0.4, 0.5) is 11.4 Å². The summed E-state index contributed by atoms with van der Waals surface area (Å²) in [6, 6.07) is 6.33. The molecule has 1 heterocycles. The van der Waals surface area contributed by atoms with Gasteiger partial charge in [0.05, 0.1) is 42.4 Å². The molecule has 2 aromatic rings. The molecule has 6 nitrogen and oxygen atoms in total. The van der Waals surface area contributed by atoms with Gasteiger partial charge in [-0.1, -0.05) is 0 Å². The van der Waals surface area contributed by atoms with Crippen LogP contribution < -0.4 is 10.1 Å². The first-order valence-corrected chi connectivity index (χ1v) is 5.73. The number of rotatable bonds is 5.